The molecular formula is C13H14N4O. The first-order chi connectivity index (χ1) is 8.81. The highest BCUT2D eigenvalue weighted by molar-refractivity contribution is 5.58. The molecule has 92 valence electrons. The molecular weight excluding hydrogens is 228 g/mol. The van der Waals surface area contributed by atoms with E-state index in [4.69, 9.17) is 0 Å². The van der Waals surface area contributed by atoms with Gasteiger partial charge < -0.3 is 4.90 Å². The summed E-state index contributed by atoms with van der Waals surface area (Å²) in [4.78, 5) is 14.4. The summed E-state index contributed by atoms with van der Waals surface area (Å²) in [5, 5.41) is 8.28. The van der Waals surface area contributed by atoms with E-state index in [1.807, 2.05) is 37.3 Å². The number of nitrogens with zero attached hydrogens (tertiary/aromatic N) is 4. The molecule has 0 atom stereocenters. The summed E-state index contributed by atoms with van der Waals surface area (Å²) >= 11 is 0. The van der Waals surface area contributed by atoms with Gasteiger partial charge in [-0.05, 0) is 6.92 Å². The Morgan fingerprint density at radius 2 is 1.94 bits per heavy atom. The van der Waals surface area contributed by atoms with Crippen molar-refractivity contribution in [2.24, 2.45) is 0 Å². The topological polar surface area (TPSA) is 51.0 Å². The van der Waals surface area contributed by atoms with E-state index in [9.17, 15) is 4.79 Å². The van der Waals surface area contributed by atoms with Crippen LogP contribution in [0.15, 0.2) is 35.1 Å². The summed E-state index contributed by atoms with van der Waals surface area (Å²) in [7, 11) is 0. The fourth-order valence-corrected chi connectivity index (χ4v) is 2.24. The van der Waals surface area contributed by atoms with Crippen LogP contribution in [0.4, 0.5) is 5.95 Å². The Morgan fingerprint density at radius 3 is 2.67 bits per heavy atom. The lowest BCUT2D eigenvalue weighted by Gasteiger charge is -2.13. The van der Waals surface area contributed by atoms with Crippen molar-refractivity contribution in [2.75, 3.05) is 18.0 Å². The van der Waals surface area contributed by atoms with Gasteiger partial charge in [0.1, 0.15) is 0 Å². The summed E-state index contributed by atoms with van der Waals surface area (Å²) in [6.45, 7) is 4.42. The third-order valence-corrected chi connectivity index (χ3v) is 3.23. The van der Waals surface area contributed by atoms with E-state index in [1.165, 1.54) is 0 Å². The molecule has 1 aromatic heterocycles. The second-order valence-electron chi connectivity index (χ2n) is 4.25. The Kier molecular flexibility index (Phi) is 2.59. The van der Waals surface area contributed by atoms with Gasteiger partial charge in [0.25, 0.3) is 5.56 Å². The smallest absolute Gasteiger partial charge is 0.281 e. The Morgan fingerprint density at radius 1 is 1.17 bits per heavy atom. The molecule has 5 nitrogen and oxygen atoms in total. The average Bonchev–Trinajstić information content (AvgIpc) is 2.84. The average molecular weight is 242 g/mol. The van der Waals surface area contributed by atoms with Crippen molar-refractivity contribution < 1.29 is 0 Å². The standard InChI is InChI=1S/C13H14N4O/c1-2-16-8-9-17-12(18)11(14-15-13(16)17)10-6-4-3-5-7-10/h3-7H,2,8-9H2,1H3. The third kappa shape index (κ3) is 1.59. The van der Waals surface area contributed by atoms with E-state index < -0.39 is 0 Å². The second kappa shape index (κ2) is 4.25. The van der Waals surface area contributed by atoms with Crippen LogP contribution in [0.25, 0.3) is 11.3 Å². The molecule has 0 N–H and O–H groups in total. The number of anilines is 1. The molecule has 0 saturated carbocycles. The van der Waals surface area contributed by atoms with Crippen LogP contribution in [-0.2, 0) is 6.54 Å². The molecule has 0 saturated heterocycles. The molecule has 0 amide bonds. The van der Waals surface area contributed by atoms with E-state index in [2.05, 4.69) is 15.1 Å². The maximum absolute atomic E-state index is 12.4. The van der Waals surface area contributed by atoms with Crippen LogP contribution in [0.1, 0.15) is 6.92 Å². The van der Waals surface area contributed by atoms with Crippen molar-refractivity contribution in [3.05, 3.63) is 40.7 Å². The molecule has 18 heavy (non-hydrogen) atoms. The molecule has 2 heterocycles. The van der Waals surface area contributed by atoms with Crippen LogP contribution in [0, 0.1) is 0 Å². The van der Waals surface area contributed by atoms with Crippen LogP contribution >= 0.6 is 0 Å². The van der Waals surface area contributed by atoms with Gasteiger partial charge in [0.2, 0.25) is 5.95 Å². The largest absolute Gasteiger partial charge is 0.339 e. The fourth-order valence-electron chi connectivity index (χ4n) is 2.24. The Labute approximate surface area is 105 Å². The molecule has 0 spiro atoms. The Balaban J connectivity index is 2.14. The lowest BCUT2D eigenvalue weighted by molar-refractivity contribution is 0.740. The predicted molar refractivity (Wildman–Crippen MR) is 69.6 cm³/mol. The molecule has 3 rings (SSSR count). The van der Waals surface area contributed by atoms with E-state index >= 15 is 0 Å². The maximum atomic E-state index is 12.4. The molecule has 0 unspecified atom stereocenters. The van der Waals surface area contributed by atoms with Gasteiger partial charge in [0, 0.05) is 25.2 Å². The number of hydrogen-bond donors (Lipinski definition) is 0. The first-order valence-electron chi connectivity index (χ1n) is 6.09. The van der Waals surface area contributed by atoms with Crippen LogP contribution in [0.2, 0.25) is 0 Å². The minimum Gasteiger partial charge on any atom is -0.339 e. The normalized spacial score (nSPS) is 13.7. The van der Waals surface area contributed by atoms with E-state index in [0.717, 1.165) is 18.7 Å². The molecule has 1 aromatic carbocycles. The summed E-state index contributed by atoms with van der Waals surface area (Å²) in [6.07, 6.45) is 0. The number of fused-ring (bicyclic) bond motifs is 1. The summed E-state index contributed by atoms with van der Waals surface area (Å²) < 4.78 is 1.71. The van der Waals surface area contributed by atoms with Gasteiger partial charge in [0.15, 0.2) is 5.69 Å². The van der Waals surface area contributed by atoms with Gasteiger partial charge in [-0.25, -0.2) is 0 Å². The van der Waals surface area contributed by atoms with Crippen molar-refractivity contribution in [3.63, 3.8) is 0 Å². The number of benzene rings is 1. The fraction of sp³-hybridized carbons (Fsp3) is 0.308. The monoisotopic (exact) mass is 242 g/mol. The van der Waals surface area contributed by atoms with E-state index in [-0.39, 0.29) is 5.56 Å². The molecule has 2 aromatic rings. The SMILES string of the molecule is CCN1CCn2c1nnc(-c1ccccc1)c2=O. The Bertz CT molecular complexity index is 621. The first-order valence-corrected chi connectivity index (χ1v) is 6.09. The van der Waals surface area contributed by atoms with Gasteiger partial charge >= 0.3 is 0 Å². The van der Waals surface area contributed by atoms with Crippen molar-refractivity contribution in [1.29, 1.82) is 0 Å². The number of likely N-dealkylation sites (N-methyl/N-ethyl adjacent to an activating group) is 1. The second-order valence-corrected chi connectivity index (χ2v) is 4.25. The van der Waals surface area contributed by atoms with Gasteiger partial charge in [-0.15, -0.1) is 10.2 Å². The van der Waals surface area contributed by atoms with Gasteiger partial charge in [0.05, 0.1) is 0 Å². The maximum Gasteiger partial charge on any atom is 0.281 e. The molecule has 0 bridgehead atoms. The zero-order valence-corrected chi connectivity index (χ0v) is 10.2. The van der Waals surface area contributed by atoms with Gasteiger partial charge in [-0.3, -0.25) is 9.36 Å². The quantitative estimate of drug-likeness (QED) is 0.792. The minimum atomic E-state index is -0.0536. The highest BCUT2D eigenvalue weighted by Crippen LogP contribution is 2.17. The van der Waals surface area contributed by atoms with Gasteiger partial charge in [-0.1, -0.05) is 30.3 Å². The molecule has 1 aliphatic rings. The zero-order chi connectivity index (χ0) is 12.5. The van der Waals surface area contributed by atoms with Crippen molar-refractivity contribution in [3.8, 4) is 11.3 Å². The summed E-state index contributed by atoms with van der Waals surface area (Å²) in [6, 6.07) is 9.47. The van der Waals surface area contributed by atoms with Crippen molar-refractivity contribution in [2.45, 2.75) is 13.5 Å². The van der Waals surface area contributed by atoms with Crippen molar-refractivity contribution >= 4 is 5.95 Å². The predicted octanol–water partition coefficient (Wildman–Crippen LogP) is 1.15. The van der Waals surface area contributed by atoms with Crippen LogP contribution in [0.5, 0.6) is 0 Å². The highest BCUT2D eigenvalue weighted by Gasteiger charge is 2.22. The lowest BCUT2D eigenvalue weighted by atomic mass is 10.2. The molecule has 0 radical (unpaired) electrons. The summed E-state index contributed by atoms with van der Waals surface area (Å²) in [5.74, 6) is 0.683. The third-order valence-electron chi connectivity index (χ3n) is 3.23. The number of aromatic nitrogens is 3. The van der Waals surface area contributed by atoms with E-state index in [1.54, 1.807) is 4.57 Å². The highest BCUT2D eigenvalue weighted by atomic mass is 16.1. The molecule has 0 fully saturated rings. The molecule has 1 aliphatic heterocycles. The number of rotatable bonds is 2. The van der Waals surface area contributed by atoms with E-state index in [0.29, 0.717) is 18.2 Å². The van der Waals surface area contributed by atoms with Crippen molar-refractivity contribution in [1.82, 2.24) is 14.8 Å². The summed E-state index contributed by atoms with van der Waals surface area (Å²) in [5.41, 5.74) is 1.19. The zero-order valence-electron chi connectivity index (χ0n) is 10.2. The molecule has 5 heteroatoms. The van der Waals surface area contributed by atoms with Gasteiger partial charge in [-0.2, -0.15) is 0 Å². The van der Waals surface area contributed by atoms with Crippen LogP contribution in [0.3, 0.4) is 0 Å². The van der Waals surface area contributed by atoms with Crippen LogP contribution in [-0.4, -0.2) is 27.9 Å². The first kappa shape index (κ1) is 11.0. The minimum absolute atomic E-state index is 0.0536. The Hall–Kier alpha value is -2.17. The molecule has 0 aliphatic carbocycles. The number of hydrogen-bond acceptors (Lipinski definition) is 4. The lowest BCUT2D eigenvalue weighted by Crippen LogP contribution is -2.25. The van der Waals surface area contributed by atoms with Crippen LogP contribution < -0.4 is 10.5 Å².